The summed E-state index contributed by atoms with van der Waals surface area (Å²) in [7, 11) is 0. The Labute approximate surface area is 205 Å². The molecule has 1 N–H and O–H groups in total. The van der Waals surface area contributed by atoms with Crippen LogP contribution in [-0.2, 0) is 0 Å². The minimum Gasteiger partial charge on any atom is -0.338 e. The van der Waals surface area contributed by atoms with Gasteiger partial charge in [0.25, 0.3) is 0 Å². The first kappa shape index (κ1) is 21.1. The molecule has 5 aromatic rings. The average Bonchev–Trinajstić information content (AvgIpc) is 3.53. The maximum atomic E-state index is 5.03. The highest BCUT2D eigenvalue weighted by molar-refractivity contribution is 6.01. The molecular formula is C31H26N4. The standard InChI is InChI=1S/C31H26N4/c1-22-11-14-24(15-12-22)30-21-26(18-13-23-7-3-2-4-8-23)34-35(30)27-19-16-25(17-20-27)31-32-28-9-5-6-10-29(28)33-31/h2-20,30H,21H2,1H3,(H,32,33). The third kappa shape index (κ3) is 4.38. The van der Waals surface area contributed by atoms with E-state index in [9.17, 15) is 0 Å². The molecule has 170 valence electrons. The zero-order chi connectivity index (χ0) is 23.6. The Morgan fingerprint density at radius 1 is 0.800 bits per heavy atom. The van der Waals surface area contributed by atoms with Gasteiger partial charge in [-0.1, -0.05) is 78.4 Å². The van der Waals surface area contributed by atoms with Crippen LogP contribution < -0.4 is 5.01 Å². The number of hydrogen-bond acceptors (Lipinski definition) is 3. The summed E-state index contributed by atoms with van der Waals surface area (Å²) in [6, 6.07) is 35.9. The van der Waals surface area contributed by atoms with Gasteiger partial charge in [-0.15, -0.1) is 0 Å². The first-order valence-corrected chi connectivity index (χ1v) is 11.9. The van der Waals surface area contributed by atoms with Gasteiger partial charge in [0.1, 0.15) is 5.82 Å². The SMILES string of the molecule is Cc1ccc(C2CC(C=Cc3ccccc3)=NN2c2ccc(-c3nc4ccccc4[nH]3)cc2)cc1. The smallest absolute Gasteiger partial charge is 0.138 e. The molecule has 0 fully saturated rings. The van der Waals surface area contributed by atoms with Crippen LogP contribution in [0.25, 0.3) is 28.5 Å². The Hall–Kier alpha value is -4.44. The summed E-state index contributed by atoms with van der Waals surface area (Å²) in [6.07, 6.45) is 5.14. The monoisotopic (exact) mass is 454 g/mol. The molecule has 1 aliphatic rings. The minimum absolute atomic E-state index is 0.156. The number of H-pyrrole nitrogens is 1. The Bertz CT molecular complexity index is 1480. The van der Waals surface area contributed by atoms with Gasteiger partial charge in [-0.3, -0.25) is 5.01 Å². The summed E-state index contributed by atoms with van der Waals surface area (Å²) >= 11 is 0. The second-order valence-electron chi connectivity index (χ2n) is 8.96. The van der Waals surface area contributed by atoms with Gasteiger partial charge in [0.15, 0.2) is 0 Å². The fraction of sp³-hybridized carbons (Fsp3) is 0.0968. The molecule has 1 aromatic heterocycles. The van der Waals surface area contributed by atoms with Crippen molar-refractivity contribution in [2.75, 3.05) is 5.01 Å². The molecule has 1 aliphatic heterocycles. The summed E-state index contributed by atoms with van der Waals surface area (Å²) in [6.45, 7) is 2.12. The highest BCUT2D eigenvalue weighted by Gasteiger charge is 2.28. The van der Waals surface area contributed by atoms with E-state index in [0.717, 1.165) is 40.2 Å². The largest absolute Gasteiger partial charge is 0.338 e. The van der Waals surface area contributed by atoms with Gasteiger partial charge >= 0.3 is 0 Å². The van der Waals surface area contributed by atoms with Crippen molar-refractivity contribution in [3.8, 4) is 11.4 Å². The molecule has 0 amide bonds. The van der Waals surface area contributed by atoms with E-state index in [1.165, 1.54) is 16.7 Å². The normalized spacial score (nSPS) is 15.7. The highest BCUT2D eigenvalue weighted by Crippen LogP contribution is 2.36. The second-order valence-corrected chi connectivity index (χ2v) is 8.96. The molecule has 35 heavy (non-hydrogen) atoms. The minimum atomic E-state index is 0.156. The van der Waals surface area contributed by atoms with E-state index < -0.39 is 0 Å². The van der Waals surface area contributed by atoms with Crippen LogP contribution in [0.5, 0.6) is 0 Å². The number of fused-ring (bicyclic) bond motifs is 1. The number of rotatable bonds is 5. The van der Waals surface area contributed by atoms with Crippen LogP contribution >= 0.6 is 0 Å². The number of hydrazone groups is 1. The van der Waals surface area contributed by atoms with Crippen molar-refractivity contribution in [1.29, 1.82) is 0 Å². The lowest BCUT2D eigenvalue weighted by molar-refractivity contribution is 0.709. The van der Waals surface area contributed by atoms with Gasteiger partial charge in [-0.2, -0.15) is 5.10 Å². The first-order valence-electron chi connectivity index (χ1n) is 11.9. The summed E-state index contributed by atoms with van der Waals surface area (Å²) in [5, 5.41) is 7.18. The lowest BCUT2D eigenvalue weighted by Crippen LogP contribution is -2.18. The number of benzene rings is 4. The number of imidazole rings is 1. The molecule has 0 aliphatic carbocycles. The number of aromatic amines is 1. The average molecular weight is 455 g/mol. The highest BCUT2D eigenvalue weighted by atomic mass is 15.5. The molecular weight excluding hydrogens is 428 g/mol. The topological polar surface area (TPSA) is 44.3 Å². The van der Waals surface area contributed by atoms with E-state index in [1.54, 1.807) is 0 Å². The molecule has 0 radical (unpaired) electrons. The third-order valence-electron chi connectivity index (χ3n) is 6.46. The van der Waals surface area contributed by atoms with Gasteiger partial charge in [-0.05, 0) is 60.5 Å². The Morgan fingerprint density at radius 2 is 1.54 bits per heavy atom. The van der Waals surface area contributed by atoms with Crippen LogP contribution in [0.2, 0.25) is 0 Å². The number of para-hydroxylation sites is 2. The van der Waals surface area contributed by atoms with Crippen molar-refractivity contribution in [1.82, 2.24) is 9.97 Å². The fourth-order valence-corrected chi connectivity index (χ4v) is 4.54. The number of anilines is 1. The van der Waals surface area contributed by atoms with Crippen molar-refractivity contribution in [3.63, 3.8) is 0 Å². The van der Waals surface area contributed by atoms with Crippen molar-refractivity contribution in [2.45, 2.75) is 19.4 Å². The number of allylic oxidation sites excluding steroid dienone is 1. The Morgan fingerprint density at radius 3 is 2.31 bits per heavy atom. The molecule has 1 atom stereocenters. The Kier molecular flexibility index (Phi) is 5.47. The quantitative estimate of drug-likeness (QED) is 0.298. The summed E-state index contributed by atoms with van der Waals surface area (Å²) in [4.78, 5) is 8.16. The van der Waals surface area contributed by atoms with E-state index >= 15 is 0 Å². The van der Waals surface area contributed by atoms with Gasteiger partial charge in [0.05, 0.1) is 28.5 Å². The van der Waals surface area contributed by atoms with Crippen LogP contribution in [-0.4, -0.2) is 15.7 Å². The van der Waals surface area contributed by atoms with E-state index in [0.29, 0.717) is 0 Å². The van der Waals surface area contributed by atoms with Gasteiger partial charge in [0.2, 0.25) is 0 Å². The van der Waals surface area contributed by atoms with Gasteiger partial charge < -0.3 is 4.98 Å². The molecule has 0 spiro atoms. The predicted molar refractivity (Wildman–Crippen MR) is 145 cm³/mol. The molecule has 0 bridgehead atoms. The Balaban J connectivity index is 1.32. The number of aromatic nitrogens is 2. The van der Waals surface area contributed by atoms with Crippen LogP contribution in [0.3, 0.4) is 0 Å². The first-order chi connectivity index (χ1) is 17.2. The van der Waals surface area contributed by atoms with E-state index in [2.05, 4.69) is 108 Å². The van der Waals surface area contributed by atoms with Crippen molar-refractivity contribution >= 4 is 28.5 Å². The van der Waals surface area contributed by atoms with Crippen LogP contribution in [0.15, 0.2) is 114 Å². The molecule has 6 rings (SSSR count). The lowest BCUT2D eigenvalue weighted by Gasteiger charge is -2.24. The van der Waals surface area contributed by atoms with Crippen molar-refractivity contribution < 1.29 is 0 Å². The van der Waals surface area contributed by atoms with Crippen LogP contribution in [0.1, 0.15) is 29.2 Å². The predicted octanol–water partition coefficient (Wildman–Crippen LogP) is 7.56. The number of nitrogens with one attached hydrogen (secondary N) is 1. The molecule has 1 unspecified atom stereocenters. The van der Waals surface area contributed by atoms with E-state index in [4.69, 9.17) is 10.1 Å². The summed E-state index contributed by atoms with van der Waals surface area (Å²) < 4.78 is 0. The zero-order valence-electron chi connectivity index (χ0n) is 19.6. The summed E-state index contributed by atoms with van der Waals surface area (Å²) in [5.41, 5.74) is 8.93. The van der Waals surface area contributed by atoms with E-state index in [-0.39, 0.29) is 6.04 Å². The van der Waals surface area contributed by atoms with Crippen LogP contribution in [0.4, 0.5) is 5.69 Å². The lowest BCUT2D eigenvalue weighted by atomic mass is 9.99. The maximum absolute atomic E-state index is 5.03. The molecule has 0 saturated heterocycles. The zero-order valence-corrected chi connectivity index (χ0v) is 19.6. The van der Waals surface area contributed by atoms with Crippen LogP contribution in [0, 0.1) is 6.92 Å². The summed E-state index contributed by atoms with van der Waals surface area (Å²) in [5.74, 6) is 0.879. The fourth-order valence-electron chi connectivity index (χ4n) is 4.54. The van der Waals surface area contributed by atoms with Crippen molar-refractivity contribution in [3.05, 3.63) is 126 Å². The number of hydrogen-bond donors (Lipinski definition) is 1. The van der Waals surface area contributed by atoms with Gasteiger partial charge in [0, 0.05) is 12.0 Å². The molecule has 4 aromatic carbocycles. The third-order valence-corrected chi connectivity index (χ3v) is 6.46. The molecule has 4 heteroatoms. The second kappa shape index (κ2) is 9.07. The molecule has 4 nitrogen and oxygen atoms in total. The van der Waals surface area contributed by atoms with E-state index in [1.807, 2.05) is 24.3 Å². The maximum Gasteiger partial charge on any atom is 0.138 e. The number of nitrogens with zero attached hydrogens (tertiary/aromatic N) is 3. The number of aryl methyl sites for hydroxylation is 1. The molecule has 0 saturated carbocycles. The molecule has 2 heterocycles. The van der Waals surface area contributed by atoms with Crippen molar-refractivity contribution in [2.24, 2.45) is 5.10 Å². The van der Waals surface area contributed by atoms with Gasteiger partial charge in [-0.25, -0.2) is 4.98 Å².